The molecule has 27 heavy (non-hydrogen) atoms. The van der Waals surface area contributed by atoms with Crippen molar-refractivity contribution in [3.05, 3.63) is 97.6 Å². The van der Waals surface area contributed by atoms with E-state index in [2.05, 4.69) is 33.7 Å². The average molecular weight is 359 g/mol. The van der Waals surface area contributed by atoms with E-state index in [1.165, 1.54) is 11.0 Å². The van der Waals surface area contributed by atoms with Crippen molar-refractivity contribution in [2.45, 2.75) is 18.6 Å². The van der Waals surface area contributed by atoms with E-state index in [0.717, 1.165) is 16.8 Å². The number of nitrogens with zero attached hydrogens (tertiary/aromatic N) is 5. The van der Waals surface area contributed by atoms with Crippen LogP contribution in [-0.4, -0.2) is 35.9 Å². The molecular weight excluding hydrogens is 338 g/mol. The number of aromatic nitrogens is 5. The molecule has 136 valence electrons. The number of rotatable bonds is 8. The zero-order valence-corrected chi connectivity index (χ0v) is 14.9. The fourth-order valence-electron chi connectivity index (χ4n) is 2.94. The first-order valence-electron chi connectivity index (χ1n) is 8.54. The summed E-state index contributed by atoms with van der Waals surface area (Å²) in [6, 6.07) is 13.9. The molecule has 3 aromatic rings. The maximum absolute atomic E-state index is 11.4. The topological polar surface area (TPSA) is 76.7 Å². The Labute approximate surface area is 158 Å². The van der Waals surface area contributed by atoms with Crippen LogP contribution in [0.1, 0.15) is 5.69 Å². The maximum Gasteiger partial charge on any atom is 0.138 e. The number of aliphatic hydroxyl groups is 1. The van der Waals surface area contributed by atoms with E-state index in [4.69, 9.17) is 0 Å². The molecule has 0 amide bonds. The predicted octanol–water partition coefficient (Wildman–Crippen LogP) is 3.01. The second-order valence-corrected chi connectivity index (χ2v) is 6.18. The number of hydrogen-bond acceptors (Lipinski definition) is 5. The molecule has 0 saturated carbocycles. The lowest BCUT2D eigenvalue weighted by Crippen LogP contribution is -2.39. The molecule has 0 spiro atoms. The van der Waals surface area contributed by atoms with Gasteiger partial charge in [-0.3, -0.25) is 4.98 Å². The highest BCUT2D eigenvalue weighted by Gasteiger charge is 2.32. The zero-order valence-electron chi connectivity index (χ0n) is 14.9. The van der Waals surface area contributed by atoms with Crippen LogP contribution in [0.2, 0.25) is 0 Å². The van der Waals surface area contributed by atoms with E-state index in [0.29, 0.717) is 5.57 Å². The van der Waals surface area contributed by atoms with Crippen LogP contribution >= 0.6 is 0 Å². The van der Waals surface area contributed by atoms with E-state index in [1.54, 1.807) is 18.2 Å². The Kier molecular flexibility index (Phi) is 5.68. The summed E-state index contributed by atoms with van der Waals surface area (Å²) < 4.78 is 1.48. The van der Waals surface area contributed by atoms with Crippen LogP contribution in [0.4, 0.5) is 0 Å². The van der Waals surface area contributed by atoms with Gasteiger partial charge in [0.05, 0.1) is 6.54 Å². The van der Waals surface area contributed by atoms with E-state index in [1.807, 2.05) is 48.7 Å². The van der Waals surface area contributed by atoms with Gasteiger partial charge in [0, 0.05) is 23.9 Å². The van der Waals surface area contributed by atoms with Crippen molar-refractivity contribution in [3.63, 3.8) is 0 Å². The zero-order chi connectivity index (χ0) is 19.1. The van der Waals surface area contributed by atoms with Crippen LogP contribution in [0.15, 0.2) is 91.9 Å². The molecule has 1 N–H and O–H groups in total. The Balaban J connectivity index is 1.88. The minimum atomic E-state index is -1.27. The Bertz CT molecular complexity index is 917. The highest BCUT2D eigenvalue weighted by Crippen LogP contribution is 2.26. The van der Waals surface area contributed by atoms with E-state index < -0.39 is 5.60 Å². The number of benzene rings is 1. The fraction of sp³-hybridized carbons (Fsp3) is 0.143. The third-order valence-electron chi connectivity index (χ3n) is 4.28. The molecule has 2 heterocycles. The third-order valence-corrected chi connectivity index (χ3v) is 4.28. The average Bonchev–Trinajstić information content (AvgIpc) is 3.20. The van der Waals surface area contributed by atoms with Gasteiger partial charge in [0.1, 0.15) is 11.9 Å². The third kappa shape index (κ3) is 4.43. The van der Waals surface area contributed by atoms with Crippen molar-refractivity contribution in [1.29, 1.82) is 0 Å². The van der Waals surface area contributed by atoms with Gasteiger partial charge in [0.2, 0.25) is 0 Å². The van der Waals surface area contributed by atoms with Crippen LogP contribution in [0.3, 0.4) is 0 Å². The normalized spacial score (nSPS) is 13.7. The molecule has 6 nitrogen and oxygen atoms in total. The number of hydrogen-bond donors (Lipinski definition) is 1. The van der Waals surface area contributed by atoms with Gasteiger partial charge >= 0.3 is 0 Å². The van der Waals surface area contributed by atoms with Gasteiger partial charge in [-0.1, -0.05) is 67.8 Å². The van der Waals surface area contributed by atoms with Gasteiger partial charge in [-0.05, 0) is 27.6 Å². The van der Waals surface area contributed by atoms with E-state index >= 15 is 0 Å². The summed E-state index contributed by atoms with van der Waals surface area (Å²) >= 11 is 0. The summed E-state index contributed by atoms with van der Waals surface area (Å²) in [4.78, 5) is 4.54. The Morgan fingerprint density at radius 1 is 1.11 bits per heavy atom. The SMILES string of the molecule is C=C/C=C(\C=C)[C@](O)(Cc1ccc(-c2ccccc2)cn1)Cn1cnnn1. The van der Waals surface area contributed by atoms with Gasteiger partial charge in [-0.2, -0.15) is 0 Å². The second kappa shape index (κ2) is 8.33. The molecular formula is C21H21N5O. The molecule has 1 aromatic carbocycles. The first kappa shape index (κ1) is 18.4. The molecule has 0 saturated heterocycles. The van der Waals surface area contributed by atoms with Crippen molar-refractivity contribution in [2.24, 2.45) is 0 Å². The number of pyridine rings is 1. The highest BCUT2D eigenvalue weighted by molar-refractivity contribution is 5.62. The van der Waals surface area contributed by atoms with Crippen molar-refractivity contribution in [2.75, 3.05) is 0 Å². The van der Waals surface area contributed by atoms with Crippen LogP contribution in [-0.2, 0) is 13.0 Å². The molecule has 2 aromatic heterocycles. The summed E-state index contributed by atoms with van der Waals surface area (Å²) in [5.74, 6) is 0. The van der Waals surface area contributed by atoms with Crippen molar-refractivity contribution < 1.29 is 5.11 Å². The van der Waals surface area contributed by atoms with E-state index in [9.17, 15) is 5.11 Å². The van der Waals surface area contributed by atoms with Gasteiger partial charge < -0.3 is 5.11 Å². The van der Waals surface area contributed by atoms with Crippen molar-refractivity contribution >= 4 is 0 Å². The lowest BCUT2D eigenvalue weighted by atomic mass is 9.87. The van der Waals surface area contributed by atoms with E-state index in [-0.39, 0.29) is 13.0 Å². The molecule has 0 bridgehead atoms. The largest absolute Gasteiger partial charge is 0.383 e. The Hall–Kier alpha value is -3.38. The standard InChI is InChI=1S/C21H21N5O/c1-3-8-19(4-2)21(27,15-26-16-23-24-25-26)13-20-12-11-18(14-22-20)17-9-6-5-7-10-17/h3-12,14,16,27H,1-2,13,15H2/b19-8+/t21-/m0/s1. The molecule has 1 atom stereocenters. The van der Waals surface area contributed by atoms with Gasteiger partial charge in [0.15, 0.2) is 0 Å². The monoisotopic (exact) mass is 359 g/mol. The summed E-state index contributed by atoms with van der Waals surface area (Å²) in [6.07, 6.45) is 8.53. The predicted molar refractivity (Wildman–Crippen MR) is 105 cm³/mol. The quantitative estimate of drug-likeness (QED) is 0.626. The summed E-state index contributed by atoms with van der Waals surface area (Å²) in [7, 11) is 0. The fourth-order valence-corrected chi connectivity index (χ4v) is 2.94. The van der Waals surface area contributed by atoms with Crippen LogP contribution in [0.25, 0.3) is 11.1 Å². The molecule has 0 aliphatic rings. The first-order chi connectivity index (χ1) is 13.1. The van der Waals surface area contributed by atoms with Gasteiger partial charge in [-0.15, -0.1) is 5.10 Å². The summed E-state index contributed by atoms with van der Waals surface area (Å²) in [6.45, 7) is 7.70. The van der Waals surface area contributed by atoms with Gasteiger partial charge in [0.25, 0.3) is 0 Å². The summed E-state index contributed by atoms with van der Waals surface area (Å²) in [5.41, 5.74) is 2.23. The highest BCUT2D eigenvalue weighted by atomic mass is 16.3. The molecule has 0 aliphatic heterocycles. The van der Waals surface area contributed by atoms with Gasteiger partial charge in [-0.25, -0.2) is 4.68 Å². The number of tetrazole rings is 1. The molecule has 0 unspecified atom stereocenters. The minimum Gasteiger partial charge on any atom is -0.383 e. The Morgan fingerprint density at radius 2 is 1.93 bits per heavy atom. The van der Waals surface area contributed by atoms with Crippen LogP contribution < -0.4 is 0 Å². The number of allylic oxidation sites excluding steroid dienone is 2. The summed E-state index contributed by atoms with van der Waals surface area (Å²) in [5, 5.41) is 22.5. The smallest absolute Gasteiger partial charge is 0.138 e. The van der Waals surface area contributed by atoms with Crippen LogP contribution in [0, 0.1) is 0 Å². The van der Waals surface area contributed by atoms with Crippen molar-refractivity contribution in [3.8, 4) is 11.1 Å². The maximum atomic E-state index is 11.4. The Morgan fingerprint density at radius 3 is 2.52 bits per heavy atom. The molecule has 0 fully saturated rings. The van der Waals surface area contributed by atoms with Crippen molar-refractivity contribution in [1.82, 2.24) is 25.2 Å². The lowest BCUT2D eigenvalue weighted by Gasteiger charge is -2.29. The molecule has 3 rings (SSSR count). The molecule has 0 radical (unpaired) electrons. The second-order valence-electron chi connectivity index (χ2n) is 6.18. The van der Waals surface area contributed by atoms with Crippen LogP contribution in [0.5, 0.6) is 0 Å². The molecule has 6 heteroatoms. The lowest BCUT2D eigenvalue weighted by molar-refractivity contribution is 0.0581. The molecule has 0 aliphatic carbocycles. The minimum absolute atomic E-state index is 0.174. The first-order valence-corrected chi connectivity index (χ1v) is 8.54.